The van der Waals surface area contributed by atoms with Gasteiger partial charge in [0, 0.05) is 12.7 Å². The number of pyridine rings is 1. The van der Waals surface area contributed by atoms with Crippen molar-refractivity contribution in [1.82, 2.24) is 9.88 Å². The van der Waals surface area contributed by atoms with Crippen molar-refractivity contribution in [1.29, 1.82) is 0 Å². The SMILES string of the molecule is COc1ccn(C(c2ccccc2)c2ccccc2)c(=O)c1C(=O)N[C@@H](CCCN=C(C)N)C(=O)O.O=C(O)C(F)(F)F. The number of carbonyl (C=O) groups is 3. The van der Waals surface area contributed by atoms with Gasteiger partial charge in [0.2, 0.25) is 0 Å². The van der Waals surface area contributed by atoms with E-state index in [1.54, 1.807) is 13.1 Å². The Morgan fingerprint density at radius 3 is 1.93 bits per heavy atom. The second-order valence-electron chi connectivity index (χ2n) is 9.03. The number of hydrogen-bond acceptors (Lipinski definition) is 6. The van der Waals surface area contributed by atoms with Gasteiger partial charge in [0.15, 0.2) is 0 Å². The van der Waals surface area contributed by atoms with E-state index < -0.39 is 41.7 Å². The van der Waals surface area contributed by atoms with Gasteiger partial charge in [-0.2, -0.15) is 13.2 Å². The van der Waals surface area contributed by atoms with Crippen molar-refractivity contribution in [2.24, 2.45) is 10.7 Å². The third-order valence-corrected chi connectivity index (χ3v) is 5.90. The highest BCUT2D eigenvalue weighted by atomic mass is 19.4. The molecule has 0 saturated heterocycles. The summed E-state index contributed by atoms with van der Waals surface area (Å²) in [7, 11) is 1.35. The van der Waals surface area contributed by atoms with Crippen LogP contribution in [0.1, 0.15) is 47.3 Å². The fraction of sp³-hybridized carbons (Fsp3) is 0.276. The van der Waals surface area contributed by atoms with Crippen LogP contribution in [0.15, 0.2) is 82.7 Å². The van der Waals surface area contributed by atoms with E-state index in [1.807, 2.05) is 60.7 Å². The van der Waals surface area contributed by atoms with Gasteiger partial charge in [-0.1, -0.05) is 60.7 Å². The Kier molecular flexibility index (Phi) is 12.5. The minimum atomic E-state index is -5.08. The molecule has 0 unspecified atom stereocenters. The van der Waals surface area contributed by atoms with E-state index >= 15 is 0 Å². The lowest BCUT2D eigenvalue weighted by Gasteiger charge is -2.23. The number of carboxylic acid groups (broad SMARTS) is 2. The number of ether oxygens (including phenoxy) is 1. The average Bonchev–Trinajstić information content (AvgIpc) is 2.96. The first-order chi connectivity index (χ1) is 20.3. The number of amidine groups is 1. The van der Waals surface area contributed by atoms with Gasteiger partial charge < -0.3 is 30.6 Å². The number of aliphatic carboxylic acids is 2. The van der Waals surface area contributed by atoms with Crippen LogP contribution in [0, 0.1) is 0 Å². The summed E-state index contributed by atoms with van der Waals surface area (Å²) in [5.41, 5.74) is 6.34. The number of nitrogens with zero attached hydrogens (tertiary/aromatic N) is 2. The Morgan fingerprint density at radius 1 is 1.00 bits per heavy atom. The first kappa shape index (κ1) is 34.1. The topological polar surface area (TPSA) is 173 Å². The molecule has 230 valence electrons. The number of benzene rings is 2. The summed E-state index contributed by atoms with van der Waals surface area (Å²) in [4.78, 5) is 51.7. The second kappa shape index (κ2) is 15.7. The zero-order valence-corrected chi connectivity index (χ0v) is 23.2. The molecule has 1 atom stereocenters. The van der Waals surface area contributed by atoms with Crippen molar-refractivity contribution in [3.05, 3.63) is 100.0 Å². The van der Waals surface area contributed by atoms with Crippen molar-refractivity contribution in [3.8, 4) is 5.75 Å². The fourth-order valence-electron chi connectivity index (χ4n) is 3.94. The van der Waals surface area contributed by atoms with Crippen molar-refractivity contribution < 1.29 is 42.5 Å². The van der Waals surface area contributed by atoms with E-state index in [9.17, 15) is 32.7 Å². The molecule has 43 heavy (non-hydrogen) atoms. The number of halogens is 3. The minimum Gasteiger partial charge on any atom is -0.496 e. The zero-order valence-electron chi connectivity index (χ0n) is 23.2. The quantitative estimate of drug-likeness (QED) is 0.146. The van der Waals surface area contributed by atoms with Gasteiger partial charge in [0.25, 0.3) is 11.5 Å². The van der Waals surface area contributed by atoms with E-state index in [0.29, 0.717) is 18.8 Å². The molecule has 1 amide bonds. The van der Waals surface area contributed by atoms with Gasteiger partial charge in [0.1, 0.15) is 17.4 Å². The highest BCUT2D eigenvalue weighted by molar-refractivity contribution is 5.98. The van der Waals surface area contributed by atoms with E-state index in [0.717, 1.165) is 11.1 Å². The van der Waals surface area contributed by atoms with Gasteiger partial charge in [-0.15, -0.1) is 0 Å². The summed E-state index contributed by atoms with van der Waals surface area (Å²) in [5, 5.41) is 19.2. The first-order valence-corrected chi connectivity index (χ1v) is 12.8. The average molecular weight is 605 g/mol. The molecular formula is C29H31F3N4O7. The number of methoxy groups -OCH3 is 1. The molecule has 0 aliphatic heterocycles. The lowest BCUT2D eigenvalue weighted by Crippen LogP contribution is -2.43. The molecule has 11 nitrogen and oxygen atoms in total. The molecule has 1 aromatic heterocycles. The Hall–Kier alpha value is -5.14. The molecule has 0 saturated carbocycles. The highest BCUT2D eigenvalue weighted by Gasteiger charge is 2.38. The Bertz CT molecular complexity index is 1430. The maximum Gasteiger partial charge on any atom is 0.490 e. The van der Waals surface area contributed by atoms with E-state index in [1.165, 1.54) is 17.7 Å². The number of carboxylic acids is 2. The van der Waals surface area contributed by atoms with Crippen molar-refractivity contribution in [2.45, 2.75) is 38.0 Å². The minimum absolute atomic E-state index is 0.0566. The summed E-state index contributed by atoms with van der Waals surface area (Å²) >= 11 is 0. The summed E-state index contributed by atoms with van der Waals surface area (Å²) in [6.07, 6.45) is -2.99. The van der Waals surface area contributed by atoms with E-state index in [-0.39, 0.29) is 17.7 Å². The molecule has 0 spiro atoms. The number of alkyl halides is 3. The normalized spacial score (nSPS) is 12.1. The zero-order chi connectivity index (χ0) is 32.2. The molecule has 3 aromatic rings. The van der Waals surface area contributed by atoms with Crippen molar-refractivity contribution >= 4 is 23.7 Å². The van der Waals surface area contributed by atoms with Crippen LogP contribution in [-0.4, -0.2) is 64.3 Å². The van der Waals surface area contributed by atoms with Crippen molar-refractivity contribution in [2.75, 3.05) is 13.7 Å². The number of aromatic nitrogens is 1. The van der Waals surface area contributed by atoms with Crippen molar-refractivity contribution in [3.63, 3.8) is 0 Å². The monoisotopic (exact) mass is 604 g/mol. The molecule has 3 rings (SSSR count). The Morgan fingerprint density at radius 2 is 1.51 bits per heavy atom. The smallest absolute Gasteiger partial charge is 0.490 e. The second-order valence-corrected chi connectivity index (χ2v) is 9.03. The summed E-state index contributed by atoms with van der Waals surface area (Å²) < 4.78 is 38.5. The standard InChI is InChI=1S/C27H30N4O5.C2HF3O2/c1-18(28)29-16-9-14-21(27(34)35)30-25(32)23-22(36-2)15-17-31(26(23)33)24(19-10-5-3-6-11-19)20-12-7-4-8-13-20;3-2(4,5)1(6)7/h3-8,10-13,15,17,21,24H,9,14,16H2,1-2H3,(H2,28,29)(H,30,32)(H,34,35);(H,6,7)/t21-;/m0./s1. The van der Waals surface area contributed by atoms with Gasteiger partial charge in [-0.05, 0) is 37.0 Å². The van der Waals surface area contributed by atoms with E-state index in [4.69, 9.17) is 20.4 Å². The maximum atomic E-state index is 13.7. The Balaban J connectivity index is 0.000000821. The van der Waals surface area contributed by atoms with Crippen LogP contribution in [0.25, 0.3) is 0 Å². The number of hydrogen-bond donors (Lipinski definition) is 4. The molecule has 5 N–H and O–H groups in total. The third-order valence-electron chi connectivity index (χ3n) is 5.90. The molecule has 0 aliphatic rings. The van der Waals surface area contributed by atoms with Crippen LogP contribution >= 0.6 is 0 Å². The molecule has 14 heteroatoms. The largest absolute Gasteiger partial charge is 0.496 e. The van der Waals surface area contributed by atoms with Crippen LogP contribution < -0.4 is 21.3 Å². The Labute approximate surface area is 244 Å². The van der Waals surface area contributed by atoms with Crippen LogP contribution in [0.5, 0.6) is 5.75 Å². The van der Waals surface area contributed by atoms with E-state index in [2.05, 4.69) is 10.3 Å². The lowest BCUT2D eigenvalue weighted by atomic mass is 9.98. The van der Waals surface area contributed by atoms with Crippen LogP contribution in [0.3, 0.4) is 0 Å². The van der Waals surface area contributed by atoms with Gasteiger partial charge in [-0.25, -0.2) is 9.59 Å². The number of nitrogens with two attached hydrogens (primary N) is 1. The van der Waals surface area contributed by atoms with Gasteiger partial charge in [0.05, 0.1) is 19.0 Å². The molecule has 2 aromatic carbocycles. The maximum absolute atomic E-state index is 13.7. The molecular weight excluding hydrogens is 573 g/mol. The summed E-state index contributed by atoms with van der Waals surface area (Å²) in [6, 6.07) is 18.7. The number of carbonyl (C=O) groups excluding carboxylic acids is 1. The summed E-state index contributed by atoms with van der Waals surface area (Å²) in [6.45, 7) is 1.97. The molecule has 0 aliphatic carbocycles. The number of aliphatic imine (C=N–C) groups is 1. The fourth-order valence-corrected chi connectivity index (χ4v) is 3.94. The first-order valence-electron chi connectivity index (χ1n) is 12.8. The van der Waals surface area contributed by atoms with Crippen LogP contribution in [-0.2, 0) is 9.59 Å². The third kappa shape index (κ3) is 10.0. The predicted molar refractivity (Wildman–Crippen MR) is 151 cm³/mol. The lowest BCUT2D eigenvalue weighted by molar-refractivity contribution is -0.192. The van der Waals surface area contributed by atoms with Gasteiger partial charge in [-0.3, -0.25) is 14.6 Å². The van der Waals surface area contributed by atoms with Gasteiger partial charge >= 0.3 is 18.1 Å². The number of amides is 1. The number of nitrogens with one attached hydrogen (secondary N) is 1. The predicted octanol–water partition coefficient (Wildman–Crippen LogP) is 3.47. The molecule has 1 heterocycles. The molecule has 0 bridgehead atoms. The summed E-state index contributed by atoms with van der Waals surface area (Å²) in [5.74, 6) is -4.34. The number of rotatable bonds is 11. The highest BCUT2D eigenvalue weighted by Crippen LogP contribution is 2.27. The molecule has 0 fully saturated rings. The molecule has 0 radical (unpaired) electrons. The van der Waals surface area contributed by atoms with Crippen LogP contribution in [0.4, 0.5) is 13.2 Å². The van der Waals surface area contributed by atoms with Crippen LogP contribution in [0.2, 0.25) is 0 Å².